The van der Waals surface area contributed by atoms with E-state index >= 15 is 0 Å². The van der Waals surface area contributed by atoms with E-state index in [-0.39, 0.29) is 5.75 Å². The van der Waals surface area contributed by atoms with Crippen LogP contribution in [0.25, 0.3) is 0 Å². The van der Waals surface area contributed by atoms with Crippen LogP contribution in [0.2, 0.25) is 0 Å². The third-order valence-electron chi connectivity index (χ3n) is 4.00. The molecule has 2 unspecified atom stereocenters. The molecule has 17 heavy (non-hydrogen) atoms. The predicted molar refractivity (Wildman–Crippen MR) is 73.0 cm³/mol. The summed E-state index contributed by atoms with van der Waals surface area (Å²) in [5.41, 5.74) is 0. The molecule has 0 amide bonds. The van der Waals surface area contributed by atoms with Crippen molar-refractivity contribution >= 4 is 9.84 Å². The molecule has 2 atom stereocenters. The zero-order chi connectivity index (χ0) is 12.7. The first kappa shape index (κ1) is 15.0. The molecule has 0 aromatic carbocycles. The lowest BCUT2D eigenvalue weighted by Gasteiger charge is -2.24. The van der Waals surface area contributed by atoms with Gasteiger partial charge in [-0.3, -0.25) is 0 Å². The van der Waals surface area contributed by atoms with E-state index in [2.05, 4.69) is 5.32 Å². The lowest BCUT2D eigenvalue weighted by atomic mass is 9.91. The summed E-state index contributed by atoms with van der Waals surface area (Å²) in [5.74, 6) is 1.33. The van der Waals surface area contributed by atoms with Crippen LogP contribution < -0.4 is 5.32 Å². The van der Waals surface area contributed by atoms with Gasteiger partial charge in [0.1, 0.15) is 9.84 Å². The number of hydrogen-bond acceptors (Lipinski definition) is 3. The van der Waals surface area contributed by atoms with Crippen molar-refractivity contribution in [2.24, 2.45) is 5.92 Å². The van der Waals surface area contributed by atoms with E-state index in [1.807, 2.05) is 7.05 Å². The summed E-state index contributed by atoms with van der Waals surface area (Å²) in [5, 5.41) is 3.41. The molecule has 0 heterocycles. The number of sulfone groups is 1. The molecule has 0 radical (unpaired) electrons. The van der Waals surface area contributed by atoms with Crippen molar-refractivity contribution in [2.45, 2.75) is 57.9 Å². The maximum absolute atomic E-state index is 11.4. The molecule has 0 aromatic rings. The molecule has 4 heteroatoms. The standard InChI is InChI=1S/C13H27NO2S/c1-3-17(15,16)11-7-9-12-8-5-4-6-10-13(12)14-2/h12-14H,3-11H2,1-2H3. The summed E-state index contributed by atoms with van der Waals surface area (Å²) in [6, 6.07) is 0.599. The Morgan fingerprint density at radius 2 is 1.88 bits per heavy atom. The Bertz CT molecular complexity index is 301. The van der Waals surface area contributed by atoms with Gasteiger partial charge in [0.2, 0.25) is 0 Å². The summed E-state index contributed by atoms with van der Waals surface area (Å²) < 4.78 is 22.9. The molecule has 3 nitrogen and oxygen atoms in total. The van der Waals surface area contributed by atoms with E-state index in [0.29, 0.717) is 17.7 Å². The Balaban J connectivity index is 2.37. The highest BCUT2D eigenvalue weighted by atomic mass is 32.2. The van der Waals surface area contributed by atoms with Crippen molar-refractivity contribution in [3.8, 4) is 0 Å². The summed E-state index contributed by atoms with van der Waals surface area (Å²) in [6.45, 7) is 1.73. The average molecular weight is 261 g/mol. The fourth-order valence-corrected chi connectivity index (χ4v) is 3.71. The fraction of sp³-hybridized carbons (Fsp3) is 1.00. The Morgan fingerprint density at radius 3 is 2.53 bits per heavy atom. The summed E-state index contributed by atoms with van der Waals surface area (Å²) in [7, 11) is -0.741. The summed E-state index contributed by atoms with van der Waals surface area (Å²) in [6.07, 6.45) is 8.36. The van der Waals surface area contributed by atoms with E-state index in [4.69, 9.17) is 0 Å². The van der Waals surface area contributed by atoms with Gasteiger partial charge in [-0.25, -0.2) is 8.42 Å². The van der Waals surface area contributed by atoms with Gasteiger partial charge in [-0.05, 0) is 38.6 Å². The SMILES string of the molecule is CCS(=O)(=O)CCCC1CCCCCC1NC. The molecule has 0 saturated heterocycles. The first-order chi connectivity index (χ1) is 8.09. The molecule has 0 aliphatic heterocycles. The van der Waals surface area contributed by atoms with Gasteiger partial charge in [0, 0.05) is 11.8 Å². The third kappa shape index (κ3) is 5.38. The molecule has 0 aromatic heterocycles. The first-order valence-electron chi connectivity index (χ1n) is 6.96. The summed E-state index contributed by atoms with van der Waals surface area (Å²) in [4.78, 5) is 0. The quantitative estimate of drug-likeness (QED) is 0.747. The minimum absolute atomic E-state index is 0.285. The van der Waals surface area contributed by atoms with Gasteiger partial charge < -0.3 is 5.32 Å². The largest absolute Gasteiger partial charge is 0.317 e. The number of rotatable bonds is 6. The highest BCUT2D eigenvalue weighted by Crippen LogP contribution is 2.27. The Labute approximate surface area is 106 Å². The minimum Gasteiger partial charge on any atom is -0.317 e. The minimum atomic E-state index is -2.77. The van der Waals surface area contributed by atoms with E-state index in [9.17, 15) is 8.42 Å². The molecule has 1 fully saturated rings. The predicted octanol–water partition coefficient (Wildman–Crippen LogP) is 2.37. The molecular formula is C13H27NO2S. The van der Waals surface area contributed by atoms with Crippen molar-refractivity contribution in [3.05, 3.63) is 0 Å². The second-order valence-electron chi connectivity index (χ2n) is 5.17. The van der Waals surface area contributed by atoms with Gasteiger partial charge in [-0.1, -0.05) is 26.2 Å². The van der Waals surface area contributed by atoms with E-state index in [1.165, 1.54) is 32.1 Å². The smallest absolute Gasteiger partial charge is 0.150 e. The van der Waals surface area contributed by atoms with Gasteiger partial charge in [0.25, 0.3) is 0 Å². The van der Waals surface area contributed by atoms with Crippen molar-refractivity contribution in [1.29, 1.82) is 0 Å². The highest BCUT2D eigenvalue weighted by molar-refractivity contribution is 7.91. The van der Waals surface area contributed by atoms with Gasteiger partial charge in [0.15, 0.2) is 0 Å². The van der Waals surface area contributed by atoms with Gasteiger partial charge in [0.05, 0.1) is 5.75 Å². The van der Waals surface area contributed by atoms with Gasteiger partial charge in [-0.2, -0.15) is 0 Å². The van der Waals surface area contributed by atoms with Crippen LogP contribution in [0.1, 0.15) is 51.9 Å². The van der Waals surface area contributed by atoms with E-state index in [1.54, 1.807) is 6.92 Å². The third-order valence-corrected chi connectivity index (χ3v) is 5.79. The molecule has 0 spiro atoms. The van der Waals surface area contributed by atoms with Crippen LogP contribution in [0.5, 0.6) is 0 Å². The molecule has 102 valence electrons. The lowest BCUT2D eigenvalue weighted by molar-refractivity contribution is 0.330. The molecule has 1 N–H and O–H groups in total. The second kappa shape index (κ2) is 7.37. The van der Waals surface area contributed by atoms with Gasteiger partial charge in [-0.15, -0.1) is 0 Å². The molecule has 0 bridgehead atoms. The zero-order valence-electron chi connectivity index (χ0n) is 11.2. The van der Waals surface area contributed by atoms with Crippen LogP contribution >= 0.6 is 0 Å². The van der Waals surface area contributed by atoms with E-state index < -0.39 is 9.84 Å². The second-order valence-corrected chi connectivity index (χ2v) is 7.64. The molecule has 1 aliphatic rings. The van der Waals surface area contributed by atoms with Gasteiger partial charge >= 0.3 is 0 Å². The van der Waals surface area contributed by atoms with Crippen LogP contribution in [-0.2, 0) is 9.84 Å². The lowest BCUT2D eigenvalue weighted by Crippen LogP contribution is -2.33. The molecular weight excluding hydrogens is 234 g/mol. The number of hydrogen-bond donors (Lipinski definition) is 1. The van der Waals surface area contributed by atoms with Crippen molar-refractivity contribution in [3.63, 3.8) is 0 Å². The van der Waals surface area contributed by atoms with E-state index in [0.717, 1.165) is 12.8 Å². The normalized spacial score (nSPS) is 26.7. The fourth-order valence-electron chi connectivity index (χ4n) is 2.82. The maximum atomic E-state index is 11.4. The monoisotopic (exact) mass is 261 g/mol. The highest BCUT2D eigenvalue weighted by Gasteiger charge is 2.22. The molecule has 1 saturated carbocycles. The number of nitrogens with one attached hydrogen (secondary N) is 1. The zero-order valence-corrected chi connectivity index (χ0v) is 12.1. The Kier molecular flexibility index (Phi) is 6.49. The Hall–Kier alpha value is -0.0900. The van der Waals surface area contributed by atoms with Crippen molar-refractivity contribution in [1.82, 2.24) is 5.32 Å². The molecule has 1 rings (SSSR count). The first-order valence-corrected chi connectivity index (χ1v) is 8.79. The van der Waals surface area contributed by atoms with Crippen LogP contribution in [0, 0.1) is 5.92 Å². The Morgan fingerprint density at radius 1 is 1.18 bits per heavy atom. The van der Waals surface area contributed by atoms with Crippen LogP contribution in [0.4, 0.5) is 0 Å². The molecule has 1 aliphatic carbocycles. The summed E-state index contributed by atoms with van der Waals surface area (Å²) >= 11 is 0. The maximum Gasteiger partial charge on any atom is 0.150 e. The average Bonchev–Trinajstić information content (AvgIpc) is 2.54. The van der Waals surface area contributed by atoms with Crippen LogP contribution in [-0.4, -0.2) is 33.0 Å². The van der Waals surface area contributed by atoms with Crippen molar-refractivity contribution < 1.29 is 8.42 Å². The van der Waals surface area contributed by atoms with Crippen LogP contribution in [0.15, 0.2) is 0 Å². The van der Waals surface area contributed by atoms with Crippen molar-refractivity contribution in [2.75, 3.05) is 18.6 Å². The van der Waals surface area contributed by atoms with Crippen LogP contribution in [0.3, 0.4) is 0 Å². The topological polar surface area (TPSA) is 46.2 Å².